The number of benzene rings is 2. The summed E-state index contributed by atoms with van der Waals surface area (Å²) in [6.45, 7) is 4.48. The first kappa shape index (κ1) is 22.0. The lowest BCUT2D eigenvalue weighted by Crippen LogP contribution is -2.04. The maximum atomic E-state index is 5.10. The predicted octanol–water partition coefficient (Wildman–Crippen LogP) is 5.15. The van der Waals surface area contributed by atoms with Gasteiger partial charge in [0, 0.05) is 17.9 Å². The van der Waals surface area contributed by atoms with Crippen molar-refractivity contribution in [3.05, 3.63) is 65.7 Å². The van der Waals surface area contributed by atoms with E-state index in [1.165, 1.54) is 5.56 Å². The number of rotatable bonds is 10. The van der Waals surface area contributed by atoms with Crippen LogP contribution in [0.5, 0.6) is 0 Å². The van der Waals surface area contributed by atoms with Crippen LogP contribution in [0, 0.1) is 5.92 Å². The molecule has 0 radical (unpaired) electrons. The quantitative estimate of drug-likeness (QED) is 0.328. The van der Waals surface area contributed by atoms with E-state index in [-0.39, 0.29) is 5.92 Å². The van der Waals surface area contributed by atoms with Crippen LogP contribution in [0.1, 0.15) is 56.2 Å². The molecule has 164 valence electrons. The smallest absolute Gasteiger partial charge is 0.205 e. The van der Waals surface area contributed by atoms with Gasteiger partial charge in [0.25, 0.3) is 0 Å². The monoisotopic (exact) mass is 445 g/mol. The molecule has 0 saturated heterocycles. The summed E-state index contributed by atoms with van der Waals surface area (Å²) >= 11 is 5.10. The Bertz CT molecular complexity index is 1130. The number of hydrogen-bond acceptors (Lipinski definition) is 6. The minimum absolute atomic E-state index is 0.281. The molecule has 4 rings (SSSR count). The number of thiocarbonyl (C=S) groups is 1. The van der Waals surface area contributed by atoms with Gasteiger partial charge in [0.05, 0.1) is 0 Å². The van der Waals surface area contributed by atoms with Gasteiger partial charge in [0.15, 0.2) is 5.82 Å². The van der Waals surface area contributed by atoms with Crippen molar-refractivity contribution < 1.29 is 0 Å². The van der Waals surface area contributed by atoms with E-state index in [0.29, 0.717) is 18.2 Å². The molecule has 7 nitrogen and oxygen atoms in total. The van der Waals surface area contributed by atoms with Crippen molar-refractivity contribution >= 4 is 17.6 Å². The van der Waals surface area contributed by atoms with E-state index >= 15 is 0 Å². The standard InChI is InChI=1S/C24H27N7S/c1-16(2)7-10-19(13-14-32)23-25-22(26-27-23)15-17-8-11-18(12-9-17)20-5-3-4-6-21(20)24-28-30-31-29-24/h3-6,8-9,11-12,14,16,19H,7,10,13,15H2,1-2H3,(H,25,26,27)(H,28,29,30,31). The normalized spacial score (nSPS) is 12.2. The van der Waals surface area contributed by atoms with Gasteiger partial charge in [-0.25, -0.2) is 4.98 Å². The third kappa shape index (κ3) is 5.31. The molecule has 1 atom stereocenters. The van der Waals surface area contributed by atoms with E-state index < -0.39 is 0 Å². The summed E-state index contributed by atoms with van der Waals surface area (Å²) in [5.74, 6) is 3.27. The minimum atomic E-state index is 0.281. The van der Waals surface area contributed by atoms with Crippen LogP contribution >= 0.6 is 12.2 Å². The Morgan fingerprint density at radius 1 is 0.969 bits per heavy atom. The molecular formula is C24H27N7S. The molecule has 0 aliphatic rings. The van der Waals surface area contributed by atoms with Gasteiger partial charge >= 0.3 is 0 Å². The SMILES string of the molecule is CC(C)CCC(CC=S)c1n[nH]c(Cc2ccc(-c3ccccc3-c3nn[nH]n3)cc2)n1. The zero-order valence-electron chi connectivity index (χ0n) is 18.3. The second kappa shape index (κ2) is 10.4. The first-order chi connectivity index (χ1) is 15.6. The van der Waals surface area contributed by atoms with E-state index in [4.69, 9.17) is 17.2 Å². The van der Waals surface area contributed by atoms with Crippen molar-refractivity contribution in [2.24, 2.45) is 5.92 Å². The molecule has 0 fully saturated rings. The molecule has 0 saturated carbocycles. The summed E-state index contributed by atoms with van der Waals surface area (Å²) in [4.78, 5) is 4.77. The number of aromatic nitrogens is 7. The molecule has 1 unspecified atom stereocenters. The first-order valence-electron chi connectivity index (χ1n) is 10.9. The van der Waals surface area contributed by atoms with E-state index in [9.17, 15) is 0 Å². The predicted molar refractivity (Wildman–Crippen MR) is 129 cm³/mol. The van der Waals surface area contributed by atoms with Crippen molar-refractivity contribution in [2.75, 3.05) is 0 Å². The molecule has 2 N–H and O–H groups in total. The van der Waals surface area contributed by atoms with E-state index in [1.807, 2.05) is 18.2 Å². The molecule has 2 heterocycles. The van der Waals surface area contributed by atoms with E-state index in [0.717, 1.165) is 47.6 Å². The molecule has 0 bridgehead atoms. The number of H-pyrrole nitrogens is 2. The Balaban J connectivity index is 1.48. The molecule has 8 heteroatoms. The van der Waals surface area contributed by atoms with Crippen molar-refractivity contribution in [3.63, 3.8) is 0 Å². The molecule has 4 aromatic rings. The molecular weight excluding hydrogens is 418 g/mol. The maximum absolute atomic E-state index is 5.10. The second-order valence-electron chi connectivity index (χ2n) is 8.37. The number of hydrogen-bond donors (Lipinski definition) is 2. The lowest BCUT2D eigenvalue weighted by atomic mass is 9.95. The van der Waals surface area contributed by atoms with Crippen LogP contribution in [-0.2, 0) is 6.42 Å². The van der Waals surface area contributed by atoms with Crippen LogP contribution < -0.4 is 0 Å². The highest BCUT2D eigenvalue weighted by atomic mass is 32.1. The van der Waals surface area contributed by atoms with Gasteiger partial charge in [-0.15, -0.1) is 10.2 Å². The van der Waals surface area contributed by atoms with Crippen molar-refractivity contribution in [1.29, 1.82) is 0 Å². The molecule has 0 aliphatic heterocycles. The van der Waals surface area contributed by atoms with Crippen LogP contribution in [-0.4, -0.2) is 41.2 Å². The summed E-state index contributed by atoms with van der Waals surface area (Å²) in [6.07, 6.45) is 3.73. The van der Waals surface area contributed by atoms with Gasteiger partial charge in [-0.3, -0.25) is 5.10 Å². The zero-order valence-corrected chi connectivity index (χ0v) is 19.1. The Morgan fingerprint density at radius 2 is 1.75 bits per heavy atom. The van der Waals surface area contributed by atoms with Gasteiger partial charge in [-0.05, 0) is 46.0 Å². The Labute approximate surface area is 193 Å². The topological polar surface area (TPSA) is 96.0 Å². The molecule has 2 aromatic carbocycles. The Morgan fingerprint density at radius 3 is 2.44 bits per heavy atom. The van der Waals surface area contributed by atoms with Crippen LogP contribution in [0.25, 0.3) is 22.5 Å². The van der Waals surface area contributed by atoms with E-state index in [1.54, 1.807) is 5.37 Å². The highest BCUT2D eigenvalue weighted by Crippen LogP contribution is 2.30. The fourth-order valence-corrected chi connectivity index (χ4v) is 4.01. The largest absolute Gasteiger partial charge is 0.263 e. The molecule has 0 amide bonds. The lowest BCUT2D eigenvalue weighted by molar-refractivity contribution is 0.496. The minimum Gasteiger partial charge on any atom is -0.263 e. The van der Waals surface area contributed by atoms with Crippen molar-refractivity contribution in [3.8, 4) is 22.5 Å². The number of tetrazole rings is 1. The summed E-state index contributed by atoms with van der Waals surface area (Å²) in [5, 5.41) is 23.9. The highest BCUT2D eigenvalue weighted by Gasteiger charge is 2.17. The van der Waals surface area contributed by atoms with Gasteiger partial charge in [-0.1, -0.05) is 81.0 Å². The number of aromatic amines is 2. The summed E-state index contributed by atoms with van der Waals surface area (Å²) in [5.41, 5.74) is 4.28. The van der Waals surface area contributed by atoms with Gasteiger partial charge in [0.1, 0.15) is 5.82 Å². The Kier molecular flexibility index (Phi) is 7.11. The Hall–Kier alpha value is -3.26. The van der Waals surface area contributed by atoms with Crippen LogP contribution in [0.4, 0.5) is 0 Å². The summed E-state index contributed by atoms with van der Waals surface area (Å²) < 4.78 is 0. The molecule has 0 spiro atoms. The zero-order chi connectivity index (χ0) is 22.3. The van der Waals surface area contributed by atoms with Crippen molar-refractivity contribution in [1.82, 2.24) is 35.8 Å². The van der Waals surface area contributed by atoms with Crippen molar-refractivity contribution in [2.45, 2.75) is 45.4 Å². The van der Waals surface area contributed by atoms with Crippen LogP contribution in [0.15, 0.2) is 48.5 Å². The number of nitrogens with one attached hydrogen (secondary N) is 2. The van der Waals surface area contributed by atoms with Gasteiger partial charge in [-0.2, -0.15) is 10.3 Å². The lowest BCUT2D eigenvalue weighted by Gasteiger charge is -2.12. The average Bonchev–Trinajstić information content (AvgIpc) is 3.50. The molecule has 0 aliphatic carbocycles. The molecule has 2 aromatic heterocycles. The van der Waals surface area contributed by atoms with Crippen LogP contribution in [0.2, 0.25) is 0 Å². The third-order valence-electron chi connectivity index (χ3n) is 5.54. The van der Waals surface area contributed by atoms with E-state index in [2.05, 4.69) is 75.0 Å². The fraction of sp³-hybridized carbons (Fsp3) is 0.333. The summed E-state index contributed by atoms with van der Waals surface area (Å²) in [7, 11) is 0. The third-order valence-corrected chi connectivity index (χ3v) is 5.73. The van der Waals surface area contributed by atoms with Crippen LogP contribution in [0.3, 0.4) is 0 Å². The average molecular weight is 446 g/mol. The maximum Gasteiger partial charge on any atom is 0.205 e. The van der Waals surface area contributed by atoms with Gasteiger partial charge < -0.3 is 0 Å². The second-order valence-corrected chi connectivity index (χ2v) is 8.70. The molecule has 32 heavy (non-hydrogen) atoms. The number of nitrogens with zero attached hydrogens (tertiary/aromatic N) is 5. The van der Waals surface area contributed by atoms with Gasteiger partial charge in [0.2, 0.25) is 5.82 Å². The fourth-order valence-electron chi connectivity index (χ4n) is 3.78. The highest BCUT2D eigenvalue weighted by molar-refractivity contribution is 7.78. The first-order valence-corrected chi connectivity index (χ1v) is 11.4. The summed E-state index contributed by atoms with van der Waals surface area (Å²) in [6, 6.07) is 16.5.